The molecule has 30 heavy (non-hydrogen) atoms. The maximum atomic E-state index is 12.5. The molecular weight excluding hydrogens is 402 g/mol. The number of guanidine groups is 1. The van der Waals surface area contributed by atoms with E-state index < -0.39 is 60.6 Å². The van der Waals surface area contributed by atoms with Crippen LogP contribution in [0.2, 0.25) is 0 Å². The van der Waals surface area contributed by atoms with Crippen LogP contribution >= 0.6 is 0 Å². The number of aliphatic hydroxyl groups is 2. The minimum Gasteiger partial charge on any atom is -0.480 e. The van der Waals surface area contributed by atoms with Crippen molar-refractivity contribution in [3.8, 4) is 0 Å². The van der Waals surface area contributed by atoms with E-state index in [-0.39, 0.29) is 25.3 Å². The number of amides is 3. The van der Waals surface area contributed by atoms with Crippen molar-refractivity contribution < 1.29 is 34.5 Å². The van der Waals surface area contributed by atoms with Crippen LogP contribution in [0.25, 0.3) is 0 Å². The summed E-state index contributed by atoms with van der Waals surface area (Å²) in [7, 11) is 0. The number of aliphatic hydroxyl groups excluding tert-OH is 2. The van der Waals surface area contributed by atoms with Crippen LogP contribution in [0.1, 0.15) is 26.7 Å². The van der Waals surface area contributed by atoms with Crippen molar-refractivity contribution in [2.45, 2.75) is 57.0 Å². The average molecular weight is 433 g/mol. The number of carbonyl (C=O) groups excluding carboxylic acids is 3. The Hall–Kier alpha value is -2.97. The summed E-state index contributed by atoms with van der Waals surface area (Å²) in [6, 6.07) is -4.31. The van der Waals surface area contributed by atoms with E-state index >= 15 is 0 Å². The third kappa shape index (κ3) is 9.99. The van der Waals surface area contributed by atoms with Gasteiger partial charge in [0, 0.05) is 6.54 Å². The molecule has 0 heterocycles. The van der Waals surface area contributed by atoms with Crippen LogP contribution in [0.5, 0.6) is 0 Å². The summed E-state index contributed by atoms with van der Waals surface area (Å²) in [4.78, 5) is 51.4. The van der Waals surface area contributed by atoms with Crippen LogP contribution in [-0.2, 0) is 19.2 Å². The summed E-state index contributed by atoms with van der Waals surface area (Å²) in [5.41, 5.74) is 15.5. The van der Waals surface area contributed by atoms with Crippen LogP contribution < -0.4 is 33.2 Å². The number of carbonyl (C=O) groups is 4. The van der Waals surface area contributed by atoms with E-state index in [1.807, 2.05) is 0 Å². The third-order valence-corrected chi connectivity index (χ3v) is 3.89. The zero-order valence-corrected chi connectivity index (χ0v) is 16.9. The molecule has 14 heteroatoms. The largest absolute Gasteiger partial charge is 0.480 e. The number of carboxylic acids is 1. The highest BCUT2D eigenvalue weighted by Gasteiger charge is 2.33. The Kier molecular flexibility index (Phi) is 12.0. The first-order chi connectivity index (χ1) is 13.9. The standard InChI is InChI=1S/C16H31N7O7/c1-7(24)11(22-10(26)6-17)14(28)23-12(8(2)25)13(27)21-9(15(29)30)4-3-5-20-16(18)19/h7-9,11-12,24-25H,3-6,17H2,1-2H3,(H,21,27)(H,22,26)(H,23,28)(H,29,30)(H4,18,19,20). The third-order valence-electron chi connectivity index (χ3n) is 3.89. The quantitative estimate of drug-likeness (QED) is 0.0761. The maximum Gasteiger partial charge on any atom is 0.326 e. The zero-order valence-electron chi connectivity index (χ0n) is 16.9. The van der Waals surface area contributed by atoms with Crippen molar-refractivity contribution in [2.24, 2.45) is 22.2 Å². The molecule has 0 saturated carbocycles. The number of hydrogen-bond acceptors (Lipinski definition) is 8. The molecular formula is C16H31N7O7. The predicted octanol–water partition coefficient (Wildman–Crippen LogP) is -4.70. The van der Waals surface area contributed by atoms with Crippen molar-refractivity contribution in [1.29, 1.82) is 0 Å². The molecule has 0 saturated heterocycles. The minimum atomic E-state index is -1.55. The second-order valence-corrected chi connectivity index (χ2v) is 6.57. The van der Waals surface area contributed by atoms with E-state index in [9.17, 15) is 34.5 Å². The second-order valence-electron chi connectivity index (χ2n) is 6.57. The molecule has 0 rings (SSSR count). The van der Waals surface area contributed by atoms with Crippen molar-refractivity contribution in [3.63, 3.8) is 0 Å². The molecule has 0 aromatic rings. The van der Waals surface area contributed by atoms with Gasteiger partial charge in [0.05, 0.1) is 18.8 Å². The van der Waals surface area contributed by atoms with Gasteiger partial charge in [-0.25, -0.2) is 4.79 Å². The highest BCUT2D eigenvalue weighted by atomic mass is 16.4. The van der Waals surface area contributed by atoms with Gasteiger partial charge in [-0.15, -0.1) is 0 Å². The molecule has 5 unspecified atom stereocenters. The van der Waals surface area contributed by atoms with Gasteiger partial charge in [0.1, 0.15) is 18.1 Å². The number of carboxylic acid groups (broad SMARTS) is 1. The Labute approximate surface area is 173 Å². The molecule has 14 nitrogen and oxygen atoms in total. The number of aliphatic imine (C=N–C) groups is 1. The first-order valence-corrected chi connectivity index (χ1v) is 9.15. The summed E-state index contributed by atoms with van der Waals surface area (Å²) >= 11 is 0. The van der Waals surface area contributed by atoms with Gasteiger partial charge in [0.2, 0.25) is 17.7 Å². The van der Waals surface area contributed by atoms with Gasteiger partial charge in [-0.1, -0.05) is 0 Å². The lowest BCUT2D eigenvalue weighted by Crippen LogP contribution is -2.61. The molecule has 0 aromatic heterocycles. The number of nitrogens with one attached hydrogen (secondary N) is 3. The van der Waals surface area contributed by atoms with Crippen LogP contribution in [0.4, 0.5) is 0 Å². The van der Waals surface area contributed by atoms with E-state index in [0.717, 1.165) is 0 Å². The van der Waals surface area contributed by atoms with Gasteiger partial charge < -0.3 is 48.5 Å². The lowest BCUT2D eigenvalue weighted by molar-refractivity contribution is -0.143. The molecule has 3 amide bonds. The fourth-order valence-corrected chi connectivity index (χ4v) is 2.31. The Morgan fingerprint density at radius 3 is 1.87 bits per heavy atom. The molecule has 12 N–H and O–H groups in total. The summed E-state index contributed by atoms with van der Waals surface area (Å²) < 4.78 is 0. The Balaban J connectivity index is 5.17. The van der Waals surface area contributed by atoms with Crippen LogP contribution in [-0.4, -0.2) is 88.4 Å². The fraction of sp³-hybridized carbons (Fsp3) is 0.688. The highest BCUT2D eigenvalue weighted by Crippen LogP contribution is 2.03. The summed E-state index contributed by atoms with van der Waals surface area (Å²) in [6.07, 6.45) is -2.51. The van der Waals surface area contributed by atoms with Crippen LogP contribution in [0.15, 0.2) is 4.99 Å². The summed E-state index contributed by atoms with van der Waals surface area (Å²) in [5, 5.41) is 35.4. The number of nitrogens with zero attached hydrogens (tertiary/aromatic N) is 1. The average Bonchev–Trinajstić information content (AvgIpc) is 2.64. The molecule has 0 aliphatic rings. The van der Waals surface area contributed by atoms with Crippen LogP contribution in [0.3, 0.4) is 0 Å². The minimum absolute atomic E-state index is 0.0127. The summed E-state index contributed by atoms with van der Waals surface area (Å²) in [5.74, 6) is -4.15. The number of rotatable bonds is 13. The number of nitrogens with two attached hydrogens (primary N) is 3. The fourth-order valence-electron chi connectivity index (χ4n) is 2.31. The van der Waals surface area contributed by atoms with E-state index in [2.05, 4.69) is 20.9 Å². The number of aliphatic carboxylic acids is 1. The molecule has 0 radical (unpaired) electrons. The smallest absolute Gasteiger partial charge is 0.326 e. The first kappa shape index (κ1) is 27.0. The molecule has 5 atom stereocenters. The van der Waals surface area contributed by atoms with E-state index in [1.165, 1.54) is 13.8 Å². The predicted molar refractivity (Wildman–Crippen MR) is 106 cm³/mol. The highest BCUT2D eigenvalue weighted by molar-refractivity contribution is 5.94. The molecule has 0 spiro atoms. The van der Waals surface area contributed by atoms with Gasteiger partial charge in [-0.3, -0.25) is 19.4 Å². The van der Waals surface area contributed by atoms with E-state index in [4.69, 9.17) is 17.2 Å². The van der Waals surface area contributed by atoms with Gasteiger partial charge >= 0.3 is 5.97 Å². The monoisotopic (exact) mass is 433 g/mol. The number of hydrogen-bond donors (Lipinski definition) is 9. The van der Waals surface area contributed by atoms with Crippen LogP contribution in [0, 0.1) is 0 Å². The molecule has 172 valence electrons. The topological polar surface area (TPSA) is 255 Å². The molecule has 0 fully saturated rings. The van der Waals surface area contributed by atoms with Crippen molar-refractivity contribution in [2.75, 3.05) is 13.1 Å². The maximum absolute atomic E-state index is 12.5. The SMILES string of the molecule is CC(O)C(NC(=O)CN)C(=O)NC(C(=O)NC(CCCN=C(N)N)C(=O)O)C(C)O. The van der Waals surface area contributed by atoms with Gasteiger partial charge in [0.25, 0.3) is 0 Å². The zero-order chi connectivity index (χ0) is 23.4. The summed E-state index contributed by atoms with van der Waals surface area (Å²) in [6.45, 7) is 2.15. The van der Waals surface area contributed by atoms with Gasteiger partial charge in [-0.05, 0) is 26.7 Å². The van der Waals surface area contributed by atoms with Crippen molar-refractivity contribution in [1.82, 2.24) is 16.0 Å². The molecule has 0 aromatic carbocycles. The second kappa shape index (κ2) is 13.3. The van der Waals surface area contributed by atoms with Gasteiger partial charge in [0.15, 0.2) is 5.96 Å². The van der Waals surface area contributed by atoms with E-state index in [0.29, 0.717) is 0 Å². The Morgan fingerprint density at radius 1 is 0.933 bits per heavy atom. The lowest BCUT2D eigenvalue weighted by Gasteiger charge is -2.27. The normalized spacial score (nSPS) is 15.6. The Bertz CT molecular complexity index is 635. The Morgan fingerprint density at radius 2 is 1.43 bits per heavy atom. The van der Waals surface area contributed by atoms with E-state index in [1.54, 1.807) is 0 Å². The molecule has 0 aliphatic heterocycles. The lowest BCUT2D eigenvalue weighted by atomic mass is 10.1. The van der Waals surface area contributed by atoms with Crippen molar-refractivity contribution >= 4 is 29.7 Å². The first-order valence-electron chi connectivity index (χ1n) is 9.15. The van der Waals surface area contributed by atoms with Gasteiger partial charge in [-0.2, -0.15) is 0 Å². The molecule has 0 bridgehead atoms. The van der Waals surface area contributed by atoms with Crippen molar-refractivity contribution in [3.05, 3.63) is 0 Å². The molecule has 0 aliphatic carbocycles.